The lowest BCUT2D eigenvalue weighted by Gasteiger charge is -2.06. The molecule has 0 atom stereocenters. The minimum Gasteiger partial charge on any atom is -0.497 e. The number of aromatic amines is 1. The molecule has 0 saturated heterocycles. The third-order valence-corrected chi connectivity index (χ3v) is 6.12. The number of aromatic nitrogens is 6. The van der Waals surface area contributed by atoms with Crippen LogP contribution in [0.1, 0.15) is 44.0 Å². The zero-order valence-electron chi connectivity index (χ0n) is 18.8. The van der Waals surface area contributed by atoms with E-state index < -0.39 is 11.2 Å². The monoisotopic (exact) mass is 470 g/mol. The maximum Gasteiger partial charge on any atom is 0.330 e. The quantitative estimate of drug-likeness (QED) is 0.351. The summed E-state index contributed by atoms with van der Waals surface area (Å²) in [5.41, 5.74) is 1.01. The summed E-state index contributed by atoms with van der Waals surface area (Å²) in [7, 11) is 1.63. The van der Waals surface area contributed by atoms with E-state index in [-0.39, 0.29) is 0 Å². The predicted molar refractivity (Wildman–Crippen MR) is 125 cm³/mol. The molecule has 3 aromatic heterocycles. The van der Waals surface area contributed by atoms with Gasteiger partial charge in [-0.1, -0.05) is 37.2 Å². The van der Waals surface area contributed by atoms with Gasteiger partial charge in [0.1, 0.15) is 11.6 Å². The van der Waals surface area contributed by atoms with Crippen LogP contribution in [0.5, 0.6) is 5.75 Å². The standard InChI is InChI=1S/C22H26N6O4S/c1-4-6-11-28-19-18(20(29)24-21(28)30)27(5-2)16(23-19)13-33-22-26-25-17(32-22)12-14-7-9-15(31-3)10-8-14/h7-10H,4-6,11-13H2,1-3H3,(H,24,29,30). The van der Waals surface area contributed by atoms with Gasteiger partial charge in [0, 0.05) is 13.1 Å². The second-order valence-electron chi connectivity index (χ2n) is 7.48. The van der Waals surface area contributed by atoms with Gasteiger partial charge in [-0.05, 0) is 31.0 Å². The van der Waals surface area contributed by atoms with E-state index in [4.69, 9.17) is 9.15 Å². The van der Waals surface area contributed by atoms with Gasteiger partial charge in [0.05, 0.1) is 19.3 Å². The molecule has 4 rings (SSSR count). The summed E-state index contributed by atoms with van der Waals surface area (Å²) < 4.78 is 14.3. The Bertz CT molecular complexity index is 1350. The molecule has 0 aliphatic heterocycles. The molecule has 0 amide bonds. The molecule has 0 saturated carbocycles. The van der Waals surface area contributed by atoms with Crippen LogP contribution < -0.4 is 16.0 Å². The SMILES string of the molecule is CCCCn1c(=O)[nH]c(=O)c2c1nc(CSc1nnc(Cc3ccc(OC)cc3)o1)n2CC. The number of benzene rings is 1. The molecule has 33 heavy (non-hydrogen) atoms. The summed E-state index contributed by atoms with van der Waals surface area (Å²) in [6.45, 7) is 5.05. The number of ether oxygens (including phenoxy) is 1. The van der Waals surface area contributed by atoms with Crippen molar-refractivity contribution in [2.24, 2.45) is 0 Å². The molecule has 0 fully saturated rings. The van der Waals surface area contributed by atoms with Crippen LogP contribution in [0.15, 0.2) is 43.5 Å². The summed E-state index contributed by atoms with van der Waals surface area (Å²) in [6, 6.07) is 7.68. The molecule has 4 aromatic rings. The van der Waals surface area contributed by atoms with Crippen molar-refractivity contribution in [3.63, 3.8) is 0 Å². The topological polar surface area (TPSA) is 121 Å². The highest BCUT2D eigenvalue weighted by Crippen LogP contribution is 2.24. The van der Waals surface area contributed by atoms with Gasteiger partial charge in [-0.25, -0.2) is 9.78 Å². The lowest BCUT2D eigenvalue weighted by Crippen LogP contribution is -2.31. The second kappa shape index (κ2) is 10.1. The molecule has 11 heteroatoms. The summed E-state index contributed by atoms with van der Waals surface area (Å²) in [6.07, 6.45) is 2.27. The molecule has 1 N–H and O–H groups in total. The fourth-order valence-corrected chi connectivity index (χ4v) is 4.33. The first-order chi connectivity index (χ1) is 16.0. The maximum absolute atomic E-state index is 12.5. The molecule has 0 spiro atoms. The van der Waals surface area contributed by atoms with Crippen LogP contribution in [0.4, 0.5) is 0 Å². The number of rotatable bonds is 10. The molecule has 0 unspecified atom stereocenters. The van der Waals surface area contributed by atoms with E-state index in [0.29, 0.717) is 53.4 Å². The normalized spacial score (nSPS) is 11.4. The van der Waals surface area contributed by atoms with Crippen molar-refractivity contribution < 1.29 is 9.15 Å². The Labute approximate surface area is 194 Å². The van der Waals surface area contributed by atoms with E-state index in [1.165, 1.54) is 11.8 Å². The number of hydrogen-bond acceptors (Lipinski definition) is 8. The molecule has 3 heterocycles. The molecular weight excluding hydrogens is 444 g/mol. The number of imidazole rings is 1. The van der Waals surface area contributed by atoms with Gasteiger partial charge >= 0.3 is 5.69 Å². The van der Waals surface area contributed by atoms with E-state index in [1.54, 1.807) is 11.7 Å². The average molecular weight is 471 g/mol. The third kappa shape index (κ3) is 4.87. The van der Waals surface area contributed by atoms with Crippen molar-refractivity contribution in [3.8, 4) is 5.75 Å². The van der Waals surface area contributed by atoms with Crippen LogP contribution in [0.3, 0.4) is 0 Å². The van der Waals surface area contributed by atoms with Gasteiger partial charge in [-0.2, -0.15) is 0 Å². The largest absolute Gasteiger partial charge is 0.497 e. The Morgan fingerprint density at radius 1 is 1.12 bits per heavy atom. The molecule has 10 nitrogen and oxygen atoms in total. The number of thioether (sulfide) groups is 1. The van der Waals surface area contributed by atoms with Crippen molar-refractivity contribution in [2.75, 3.05) is 7.11 Å². The lowest BCUT2D eigenvalue weighted by molar-refractivity contribution is 0.413. The van der Waals surface area contributed by atoms with Gasteiger partial charge in [0.15, 0.2) is 11.2 Å². The van der Waals surface area contributed by atoms with Crippen LogP contribution in [-0.4, -0.2) is 36.4 Å². The molecule has 0 bridgehead atoms. The number of methoxy groups -OCH3 is 1. The number of unbranched alkanes of at least 4 members (excludes halogenated alkanes) is 1. The highest BCUT2D eigenvalue weighted by molar-refractivity contribution is 7.98. The van der Waals surface area contributed by atoms with Crippen LogP contribution in [-0.2, 0) is 25.3 Å². The van der Waals surface area contributed by atoms with E-state index in [2.05, 4.69) is 20.2 Å². The Hall–Kier alpha value is -3.34. The smallest absolute Gasteiger partial charge is 0.330 e. The fourth-order valence-electron chi connectivity index (χ4n) is 3.60. The first kappa shape index (κ1) is 22.8. The molecule has 0 aliphatic carbocycles. The minimum absolute atomic E-state index is 0.412. The summed E-state index contributed by atoms with van der Waals surface area (Å²) in [4.78, 5) is 31.9. The molecule has 1 aromatic carbocycles. The van der Waals surface area contributed by atoms with Gasteiger partial charge in [-0.15, -0.1) is 10.2 Å². The number of nitrogens with zero attached hydrogens (tertiary/aromatic N) is 5. The van der Waals surface area contributed by atoms with E-state index in [0.717, 1.165) is 24.2 Å². The van der Waals surface area contributed by atoms with Crippen LogP contribution >= 0.6 is 11.8 Å². The van der Waals surface area contributed by atoms with Gasteiger partial charge in [-0.3, -0.25) is 14.3 Å². The summed E-state index contributed by atoms with van der Waals surface area (Å²) >= 11 is 1.35. The van der Waals surface area contributed by atoms with Crippen molar-refractivity contribution in [2.45, 2.75) is 57.2 Å². The van der Waals surface area contributed by atoms with Crippen molar-refractivity contribution >= 4 is 22.9 Å². The number of nitrogens with one attached hydrogen (secondary N) is 1. The van der Waals surface area contributed by atoms with E-state index in [9.17, 15) is 9.59 Å². The van der Waals surface area contributed by atoms with Crippen molar-refractivity contribution in [3.05, 3.63) is 62.4 Å². The van der Waals surface area contributed by atoms with Crippen LogP contribution in [0, 0.1) is 0 Å². The maximum atomic E-state index is 12.5. The summed E-state index contributed by atoms with van der Waals surface area (Å²) in [5.74, 6) is 2.40. The third-order valence-electron chi connectivity index (χ3n) is 5.30. The predicted octanol–water partition coefficient (Wildman–Crippen LogP) is 2.98. The number of aryl methyl sites for hydroxylation is 2. The van der Waals surface area contributed by atoms with Gasteiger partial charge < -0.3 is 13.7 Å². The van der Waals surface area contributed by atoms with Crippen LogP contribution in [0.2, 0.25) is 0 Å². The first-order valence-corrected chi connectivity index (χ1v) is 11.8. The minimum atomic E-state index is -0.430. The Kier molecular flexibility index (Phi) is 6.97. The Balaban J connectivity index is 1.54. The van der Waals surface area contributed by atoms with Gasteiger partial charge in [0.2, 0.25) is 5.89 Å². The zero-order valence-corrected chi connectivity index (χ0v) is 19.6. The zero-order chi connectivity index (χ0) is 23.4. The highest BCUT2D eigenvalue weighted by atomic mass is 32.2. The van der Waals surface area contributed by atoms with E-state index >= 15 is 0 Å². The van der Waals surface area contributed by atoms with E-state index in [1.807, 2.05) is 42.7 Å². The summed E-state index contributed by atoms with van der Waals surface area (Å²) in [5, 5.41) is 8.67. The molecule has 0 aliphatic rings. The molecule has 0 radical (unpaired) electrons. The average Bonchev–Trinajstić information content (AvgIpc) is 3.42. The molecular formula is C22H26N6O4S. The Morgan fingerprint density at radius 2 is 1.91 bits per heavy atom. The number of fused-ring (bicyclic) bond motifs is 1. The molecule has 174 valence electrons. The van der Waals surface area contributed by atoms with Gasteiger partial charge in [0.25, 0.3) is 10.8 Å². The Morgan fingerprint density at radius 3 is 2.61 bits per heavy atom. The first-order valence-electron chi connectivity index (χ1n) is 10.8. The number of H-pyrrole nitrogens is 1. The second-order valence-corrected chi connectivity index (χ2v) is 8.41. The fraction of sp³-hybridized carbons (Fsp3) is 0.409. The van der Waals surface area contributed by atoms with Crippen LogP contribution in [0.25, 0.3) is 11.2 Å². The van der Waals surface area contributed by atoms with Crippen molar-refractivity contribution in [1.29, 1.82) is 0 Å². The number of hydrogen-bond donors (Lipinski definition) is 1. The lowest BCUT2D eigenvalue weighted by atomic mass is 10.1. The van der Waals surface area contributed by atoms with Crippen molar-refractivity contribution in [1.82, 2.24) is 29.3 Å². The highest BCUT2D eigenvalue weighted by Gasteiger charge is 2.18.